The van der Waals surface area contributed by atoms with Crippen LogP contribution in [-0.2, 0) is 11.3 Å². The molecule has 3 aromatic rings. The second-order valence-electron chi connectivity index (χ2n) is 11.1. The zero-order chi connectivity index (χ0) is 28.9. The van der Waals surface area contributed by atoms with Crippen LogP contribution in [0.4, 0.5) is 0 Å². The van der Waals surface area contributed by atoms with Crippen molar-refractivity contribution in [1.29, 1.82) is 5.26 Å². The monoisotopic (exact) mass is 547 g/mol. The van der Waals surface area contributed by atoms with Gasteiger partial charge >= 0.3 is 0 Å². The number of allylic oxidation sites excluding steroid dienone is 1. The van der Waals surface area contributed by atoms with Gasteiger partial charge in [0.15, 0.2) is 0 Å². The van der Waals surface area contributed by atoms with E-state index in [1.165, 1.54) is 5.56 Å². The average Bonchev–Trinajstić information content (AvgIpc) is 2.94. The number of nitrogens with zero attached hydrogens (tertiary/aromatic N) is 2. The Hall–Kier alpha value is -4.47. The van der Waals surface area contributed by atoms with Crippen LogP contribution in [0.15, 0.2) is 107 Å². The van der Waals surface area contributed by atoms with Crippen molar-refractivity contribution in [1.82, 2.24) is 4.90 Å². The van der Waals surface area contributed by atoms with E-state index in [-0.39, 0.29) is 24.0 Å². The van der Waals surface area contributed by atoms with Crippen molar-refractivity contribution in [3.63, 3.8) is 0 Å². The summed E-state index contributed by atoms with van der Waals surface area (Å²) in [5.41, 5.74) is 12.1. The summed E-state index contributed by atoms with van der Waals surface area (Å²) < 4.78 is 18.0. The Kier molecular flexibility index (Phi) is 8.47. The molecule has 3 aromatic carbocycles. The van der Waals surface area contributed by atoms with Crippen molar-refractivity contribution in [2.75, 3.05) is 13.1 Å². The molecule has 0 radical (unpaired) electrons. The van der Waals surface area contributed by atoms with Crippen molar-refractivity contribution in [2.45, 2.75) is 52.4 Å². The van der Waals surface area contributed by atoms with Gasteiger partial charge in [0.25, 0.3) is 0 Å². The Labute approximate surface area is 243 Å². The minimum absolute atomic E-state index is 0.0760. The first-order chi connectivity index (χ1) is 19.8. The van der Waals surface area contributed by atoms with Gasteiger partial charge in [-0.2, -0.15) is 5.26 Å². The van der Waals surface area contributed by atoms with Crippen molar-refractivity contribution in [3.8, 4) is 17.6 Å². The Morgan fingerprint density at radius 1 is 0.902 bits per heavy atom. The lowest BCUT2D eigenvalue weighted by atomic mass is 9.80. The van der Waals surface area contributed by atoms with Crippen molar-refractivity contribution in [2.24, 2.45) is 5.73 Å². The van der Waals surface area contributed by atoms with Crippen LogP contribution in [0.5, 0.6) is 11.5 Å². The first kappa shape index (κ1) is 28.1. The van der Waals surface area contributed by atoms with Crippen LogP contribution in [0.2, 0.25) is 0 Å². The fourth-order valence-electron chi connectivity index (χ4n) is 5.40. The molecule has 2 aliphatic rings. The molecule has 2 heterocycles. The van der Waals surface area contributed by atoms with Crippen molar-refractivity contribution < 1.29 is 14.2 Å². The van der Waals surface area contributed by atoms with Gasteiger partial charge in [0.2, 0.25) is 5.88 Å². The molecule has 0 amide bonds. The molecule has 0 fully saturated rings. The summed E-state index contributed by atoms with van der Waals surface area (Å²) >= 11 is 0. The molecule has 2 aliphatic heterocycles. The minimum Gasteiger partial charge on any atom is -0.491 e. The third-order valence-electron chi connectivity index (χ3n) is 7.03. The zero-order valence-corrected chi connectivity index (χ0v) is 24.1. The second kappa shape index (κ2) is 12.4. The number of rotatable bonds is 8. The largest absolute Gasteiger partial charge is 0.491 e. The smallest absolute Gasteiger partial charge is 0.205 e. The fourth-order valence-corrected chi connectivity index (χ4v) is 5.40. The van der Waals surface area contributed by atoms with E-state index >= 15 is 0 Å². The normalized spacial score (nSPS) is 18.4. The van der Waals surface area contributed by atoms with Gasteiger partial charge in [-0.05, 0) is 80.3 Å². The van der Waals surface area contributed by atoms with Gasteiger partial charge in [-0.15, -0.1) is 0 Å². The third-order valence-corrected chi connectivity index (χ3v) is 7.03. The maximum atomic E-state index is 10.2. The molecule has 0 bridgehead atoms. The summed E-state index contributed by atoms with van der Waals surface area (Å²) in [5.74, 6) is 2.21. The molecule has 0 aromatic heterocycles. The lowest BCUT2D eigenvalue weighted by molar-refractivity contribution is 0.230. The van der Waals surface area contributed by atoms with E-state index in [4.69, 9.17) is 19.9 Å². The predicted molar refractivity (Wildman–Crippen MR) is 162 cm³/mol. The Balaban J connectivity index is 1.57. The lowest BCUT2D eigenvalue weighted by Crippen LogP contribution is -2.37. The molecule has 6 nitrogen and oxygen atoms in total. The molecule has 1 atom stereocenters. The van der Waals surface area contributed by atoms with Crippen LogP contribution in [0.1, 0.15) is 50.3 Å². The molecule has 0 saturated heterocycles. The average molecular weight is 548 g/mol. The van der Waals surface area contributed by atoms with Gasteiger partial charge in [-0.25, -0.2) is 0 Å². The topological polar surface area (TPSA) is 80.7 Å². The van der Waals surface area contributed by atoms with E-state index in [2.05, 4.69) is 53.4 Å². The Bertz CT molecular complexity index is 1490. The molecular weight excluding hydrogens is 510 g/mol. The quantitative estimate of drug-likeness (QED) is 0.330. The van der Waals surface area contributed by atoms with Crippen molar-refractivity contribution in [3.05, 3.63) is 124 Å². The van der Waals surface area contributed by atoms with E-state index in [1.54, 1.807) is 0 Å². The summed E-state index contributed by atoms with van der Waals surface area (Å²) in [6.07, 6.45) is 2.33. The first-order valence-corrected chi connectivity index (χ1v) is 14.1. The predicted octanol–water partition coefficient (Wildman–Crippen LogP) is 6.92. The number of nitriles is 1. The van der Waals surface area contributed by atoms with Crippen LogP contribution < -0.4 is 15.2 Å². The van der Waals surface area contributed by atoms with Crippen LogP contribution in [-0.4, -0.2) is 30.2 Å². The number of benzene rings is 3. The van der Waals surface area contributed by atoms with E-state index in [1.807, 2.05) is 70.2 Å². The van der Waals surface area contributed by atoms with Crippen molar-refractivity contribution >= 4 is 6.08 Å². The maximum absolute atomic E-state index is 10.2. The van der Waals surface area contributed by atoms with Gasteiger partial charge in [0.1, 0.15) is 28.9 Å². The van der Waals surface area contributed by atoms with E-state index in [9.17, 15) is 5.26 Å². The molecular formula is C35H37N3O3. The van der Waals surface area contributed by atoms with E-state index in [0.29, 0.717) is 18.7 Å². The zero-order valence-electron chi connectivity index (χ0n) is 24.1. The molecule has 210 valence electrons. The Morgan fingerprint density at radius 2 is 1.51 bits per heavy atom. The molecule has 2 N–H and O–H groups in total. The molecule has 6 heteroatoms. The number of hydrogen-bond acceptors (Lipinski definition) is 6. The number of nitrogens with two attached hydrogens (primary N) is 1. The molecule has 41 heavy (non-hydrogen) atoms. The Morgan fingerprint density at radius 3 is 2.10 bits per heavy atom. The summed E-state index contributed by atoms with van der Waals surface area (Å²) in [6, 6.07) is 28.8. The summed E-state index contributed by atoms with van der Waals surface area (Å²) in [4.78, 5) is 2.39. The van der Waals surface area contributed by atoms with Gasteiger partial charge in [-0.3, -0.25) is 4.90 Å². The highest BCUT2D eigenvalue weighted by molar-refractivity contribution is 5.63. The molecule has 5 rings (SSSR count). The van der Waals surface area contributed by atoms with Crippen LogP contribution in [0, 0.1) is 11.3 Å². The molecule has 0 saturated carbocycles. The van der Waals surface area contributed by atoms with Crippen LogP contribution in [0.3, 0.4) is 0 Å². The number of ether oxygens (including phenoxy) is 3. The van der Waals surface area contributed by atoms with E-state index in [0.717, 1.165) is 46.1 Å². The third kappa shape index (κ3) is 6.65. The van der Waals surface area contributed by atoms with Crippen LogP contribution in [0.25, 0.3) is 6.08 Å². The summed E-state index contributed by atoms with van der Waals surface area (Å²) in [5, 5.41) is 10.2. The SMILES string of the molecule is CC(C)Oc1ccc(/C=C2\CN(Cc3ccccc3)CC3=C2OC(N)=C(C#N)C3c2ccc(OC(C)C)cc2)cc1. The van der Waals surface area contributed by atoms with Gasteiger partial charge in [-0.1, -0.05) is 54.6 Å². The second-order valence-corrected chi connectivity index (χ2v) is 11.1. The highest BCUT2D eigenvalue weighted by Gasteiger charge is 2.37. The van der Waals surface area contributed by atoms with Crippen LogP contribution >= 0.6 is 0 Å². The summed E-state index contributed by atoms with van der Waals surface area (Å²) in [6.45, 7) is 10.1. The van der Waals surface area contributed by atoms with Gasteiger partial charge in [0, 0.05) is 25.2 Å². The highest BCUT2D eigenvalue weighted by atomic mass is 16.5. The van der Waals surface area contributed by atoms with Gasteiger partial charge in [0.05, 0.1) is 18.1 Å². The minimum atomic E-state index is -0.319. The lowest BCUT2D eigenvalue weighted by Gasteiger charge is -2.38. The first-order valence-electron chi connectivity index (χ1n) is 14.1. The molecule has 0 aliphatic carbocycles. The number of hydrogen-bond donors (Lipinski definition) is 1. The maximum Gasteiger partial charge on any atom is 0.205 e. The highest BCUT2D eigenvalue weighted by Crippen LogP contribution is 2.44. The van der Waals surface area contributed by atoms with Gasteiger partial charge < -0.3 is 19.9 Å². The standard InChI is InChI=1S/C35H37N3O3/c1-23(2)39-29-14-10-25(11-15-29)18-28-21-38(20-26-8-6-5-7-9-26)22-32-33(31(19-36)35(37)41-34(28)32)27-12-16-30(17-13-27)40-24(3)4/h5-18,23-24,33H,20-22,37H2,1-4H3/b28-18+. The molecule has 1 unspecified atom stereocenters. The summed E-state index contributed by atoms with van der Waals surface area (Å²) in [7, 11) is 0. The fraction of sp³-hybridized carbons (Fsp3) is 0.286. The van der Waals surface area contributed by atoms with E-state index < -0.39 is 0 Å². The molecule has 0 spiro atoms.